The lowest BCUT2D eigenvalue weighted by molar-refractivity contribution is 0.412. The predicted molar refractivity (Wildman–Crippen MR) is 106 cm³/mol. The molecule has 136 valence electrons. The van der Waals surface area contributed by atoms with Crippen LogP contribution in [0.15, 0.2) is 70.9 Å². The van der Waals surface area contributed by atoms with E-state index in [1.54, 1.807) is 23.9 Å². The molecule has 4 aromatic rings. The van der Waals surface area contributed by atoms with Crippen LogP contribution in [0.3, 0.4) is 0 Å². The van der Waals surface area contributed by atoms with E-state index in [0.717, 1.165) is 5.56 Å². The summed E-state index contributed by atoms with van der Waals surface area (Å²) in [5.41, 5.74) is 1.78. The van der Waals surface area contributed by atoms with Crippen molar-refractivity contribution in [3.8, 4) is 11.4 Å². The van der Waals surface area contributed by atoms with Gasteiger partial charge < -0.3 is 4.74 Å². The Kier molecular flexibility index (Phi) is 4.87. The average molecular weight is 399 g/mol. The van der Waals surface area contributed by atoms with Crippen LogP contribution in [0, 0.1) is 0 Å². The Morgan fingerprint density at radius 1 is 1.07 bits per heavy atom. The number of hydrogen-bond acceptors (Lipinski definition) is 5. The fourth-order valence-corrected chi connectivity index (χ4v) is 3.71. The van der Waals surface area contributed by atoms with Crippen LogP contribution in [0.2, 0.25) is 5.02 Å². The zero-order valence-corrected chi connectivity index (χ0v) is 15.9. The zero-order valence-electron chi connectivity index (χ0n) is 14.4. The summed E-state index contributed by atoms with van der Waals surface area (Å²) in [6.45, 7) is 0. The second-order valence-corrected chi connectivity index (χ2v) is 7.12. The van der Waals surface area contributed by atoms with Crippen molar-refractivity contribution in [1.29, 1.82) is 0 Å². The number of halogens is 1. The summed E-state index contributed by atoms with van der Waals surface area (Å²) in [4.78, 5) is 12.9. The van der Waals surface area contributed by atoms with Gasteiger partial charge in [-0.25, -0.2) is 0 Å². The third-order valence-electron chi connectivity index (χ3n) is 4.07. The number of methoxy groups -OCH3 is 1. The first-order chi connectivity index (χ1) is 13.2. The zero-order chi connectivity index (χ0) is 18.8. The van der Waals surface area contributed by atoms with Crippen LogP contribution in [0.1, 0.15) is 5.56 Å². The SMILES string of the molecule is COc1ccccc1-n1ccn2c(SCc3ccc(Cl)cc3)nnc2c1=O. The molecule has 2 heterocycles. The van der Waals surface area contributed by atoms with Gasteiger partial charge in [0.15, 0.2) is 5.16 Å². The molecule has 0 bridgehead atoms. The van der Waals surface area contributed by atoms with Crippen LogP contribution < -0.4 is 10.3 Å². The van der Waals surface area contributed by atoms with Gasteiger partial charge in [0.2, 0.25) is 5.65 Å². The van der Waals surface area contributed by atoms with E-state index < -0.39 is 0 Å². The Hall–Kier alpha value is -2.77. The lowest BCUT2D eigenvalue weighted by atomic mass is 10.2. The topological polar surface area (TPSA) is 61.4 Å². The third kappa shape index (κ3) is 3.43. The highest BCUT2D eigenvalue weighted by Crippen LogP contribution is 2.23. The molecule has 0 unspecified atom stereocenters. The number of rotatable bonds is 5. The molecule has 0 N–H and O–H groups in total. The van der Waals surface area contributed by atoms with Crippen LogP contribution in [0.25, 0.3) is 11.3 Å². The largest absolute Gasteiger partial charge is 0.495 e. The monoisotopic (exact) mass is 398 g/mol. The van der Waals surface area contributed by atoms with E-state index in [9.17, 15) is 4.79 Å². The summed E-state index contributed by atoms with van der Waals surface area (Å²) in [6.07, 6.45) is 3.48. The standard InChI is InChI=1S/C19H15ClN4O2S/c1-26-16-5-3-2-4-15(16)23-10-11-24-17(18(23)25)21-22-19(24)27-12-13-6-8-14(20)9-7-13/h2-11H,12H2,1H3. The minimum atomic E-state index is -0.257. The van der Waals surface area contributed by atoms with Gasteiger partial charge in [0.1, 0.15) is 5.75 Å². The number of hydrogen-bond donors (Lipinski definition) is 0. The molecule has 0 amide bonds. The molecule has 0 saturated heterocycles. The summed E-state index contributed by atoms with van der Waals surface area (Å²) >= 11 is 7.42. The number of aromatic nitrogens is 4. The average Bonchev–Trinajstić information content (AvgIpc) is 3.12. The van der Waals surface area contributed by atoms with Gasteiger partial charge in [-0.15, -0.1) is 10.2 Å². The number of para-hydroxylation sites is 2. The number of ether oxygens (including phenoxy) is 1. The molecule has 2 aromatic carbocycles. The molecular formula is C19H15ClN4O2S. The molecule has 6 nitrogen and oxygen atoms in total. The quantitative estimate of drug-likeness (QED) is 0.478. The van der Waals surface area contributed by atoms with Gasteiger partial charge in [-0.2, -0.15) is 0 Å². The lowest BCUT2D eigenvalue weighted by Gasteiger charge is -2.10. The molecule has 0 fully saturated rings. The Bertz CT molecular complexity index is 1150. The fraction of sp³-hybridized carbons (Fsp3) is 0.105. The van der Waals surface area contributed by atoms with Gasteiger partial charge >= 0.3 is 5.56 Å². The molecule has 0 radical (unpaired) electrons. The number of thioether (sulfide) groups is 1. The second kappa shape index (κ2) is 7.46. The highest BCUT2D eigenvalue weighted by molar-refractivity contribution is 7.98. The molecular weight excluding hydrogens is 384 g/mol. The third-order valence-corrected chi connectivity index (χ3v) is 5.33. The molecule has 0 saturated carbocycles. The van der Waals surface area contributed by atoms with Crippen LogP contribution >= 0.6 is 23.4 Å². The molecule has 27 heavy (non-hydrogen) atoms. The maximum atomic E-state index is 12.9. The lowest BCUT2D eigenvalue weighted by Crippen LogP contribution is -2.20. The van der Waals surface area contributed by atoms with E-state index in [1.165, 1.54) is 16.3 Å². The van der Waals surface area contributed by atoms with E-state index in [4.69, 9.17) is 16.3 Å². The first-order valence-electron chi connectivity index (χ1n) is 8.14. The van der Waals surface area contributed by atoms with Crippen molar-refractivity contribution in [1.82, 2.24) is 19.2 Å². The highest BCUT2D eigenvalue weighted by Gasteiger charge is 2.14. The normalized spacial score (nSPS) is 11.0. The highest BCUT2D eigenvalue weighted by atomic mass is 35.5. The molecule has 0 aliphatic heterocycles. The fourth-order valence-electron chi connectivity index (χ4n) is 2.71. The van der Waals surface area contributed by atoms with Crippen molar-refractivity contribution in [2.24, 2.45) is 0 Å². The Balaban J connectivity index is 1.67. The van der Waals surface area contributed by atoms with Crippen LogP contribution in [0.4, 0.5) is 0 Å². The Morgan fingerprint density at radius 2 is 1.85 bits per heavy atom. The van der Waals surface area contributed by atoms with Crippen molar-refractivity contribution < 1.29 is 4.74 Å². The van der Waals surface area contributed by atoms with Gasteiger partial charge in [0, 0.05) is 23.2 Å². The van der Waals surface area contributed by atoms with Crippen molar-refractivity contribution in [2.45, 2.75) is 10.9 Å². The van der Waals surface area contributed by atoms with Gasteiger partial charge in [0.25, 0.3) is 0 Å². The molecule has 0 aliphatic rings. The summed E-state index contributed by atoms with van der Waals surface area (Å²) in [7, 11) is 1.57. The van der Waals surface area contributed by atoms with E-state index >= 15 is 0 Å². The van der Waals surface area contributed by atoms with Gasteiger partial charge in [0.05, 0.1) is 12.8 Å². The van der Waals surface area contributed by atoms with Gasteiger partial charge in [-0.1, -0.05) is 47.6 Å². The molecule has 0 atom stereocenters. The molecule has 8 heteroatoms. The van der Waals surface area contributed by atoms with E-state index in [0.29, 0.717) is 27.4 Å². The molecule has 2 aromatic heterocycles. The number of nitrogens with zero attached hydrogens (tertiary/aromatic N) is 4. The second-order valence-electron chi connectivity index (χ2n) is 5.74. The maximum Gasteiger partial charge on any atom is 0.300 e. The van der Waals surface area contributed by atoms with Crippen molar-refractivity contribution in [3.05, 3.63) is 81.9 Å². The van der Waals surface area contributed by atoms with Crippen LogP contribution in [0.5, 0.6) is 5.75 Å². The summed E-state index contributed by atoms with van der Waals surface area (Å²) in [5.74, 6) is 1.31. The maximum absolute atomic E-state index is 12.9. The van der Waals surface area contributed by atoms with Crippen molar-refractivity contribution in [3.63, 3.8) is 0 Å². The first-order valence-corrected chi connectivity index (χ1v) is 9.51. The minimum Gasteiger partial charge on any atom is -0.495 e. The van der Waals surface area contributed by atoms with Gasteiger partial charge in [-0.3, -0.25) is 13.8 Å². The Labute approximate surface area is 164 Å². The molecule has 4 rings (SSSR count). The molecule has 0 aliphatic carbocycles. The van der Waals surface area contributed by atoms with Crippen LogP contribution in [-0.2, 0) is 5.75 Å². The Morgan fingerprint density at radius 3 is 2.63 bits per heavy atom. The van der Waals surface area contributed by atoms with E-state index in [-0.39, 0.29) is 11.2 Å². The minimum absolute atomic E-state index is 0.257. The van der Waals surface area contributed by atoms with Crippen LogP contribution in [-0.4, -0.2) is 26.3 Å². The van der Waals surface area contributed by atoms with Crippen molar-refractivity contribution >= 4 is 29.0 Å². The van der Waals surface area contributed by atoms with Crippen molar-refractivity contribution in [2.75, 3.05) is 7.11 Å². The van der Waals surface area contributed by atoms with E-state index in [2.05, 4.69) is 10.2 Å². The predicted octanol–water partition coefficient (Wildman–Crippen LogP) is 3.83. The molecule has 0 spiro atoms. The number of fused-ring (bicyclic) bond motifs is 1. The van der Waals surface area contributed by atoms with E-state index in [1.807, 2.05) is 48.5 Å². The smallest absolute Gasteiger partial charge is 0.300 e. The number of benzene rings is 2. The summed E-state index contributed by atoms with van der Waals surface area (Å²) in [6, 6.07) is 15.0. The van der Waals surface area contributed by atoms with Gasteiger partial charge in [-0.05, 0) is 29.8 Å². The first kappa shape index (κ1) is 17.6. The summed E-state index contributed by atoms with van der Waals surface area (Å²) < 4.78 is 8.57. The summed E-state index contributed by atoms with van der Waals surface area (Å²) in [5, 5.41) is 9.61.